The Kier molecular flexibility index (Phi) is 10.1. The number of rotatable bonds is 8. The van der Waals surface area contributed by atoms with Crippen LogP contribution in [0.25, 0.3) is 0 Å². The van der Waals surface area contributed by atoms with E-state index in [1.54, 1.807) is 14.0 Å². The van der Waals surface area contributed by atoms with Crippen molar-refractivity contribution in [3.05, 3.63) is 93.5 Å². The Hall–Kier alpha value is -3.30. The van der Waals surface area contributed by atoms with Crippen molar-refractivity contribution < 1.29 is 19.4 Å². The average Bonchev–Trinajstić information content (AvgIpc) is 3.41. The van der Waals surface area contributed by atoms with E-state index in [9.17, 15) is 9.90 Å². The van der Waals surface area contributed by atoms with Gasteiger partial charge in [-0.15, -0.1) is 0 Å². The Balaban J connectivity index is 1.63. The molecule has 1 N–H and O–H groups in total. The van der Waals surface area contributed by atoms with Gasteiger partial charge in [-0.1, -0.05) is 47.5 Å². The first-order chi connectivity index (χ1) is 21.1. The second-order valence-corrected chi connectivity index (χ2v) is 12.5. The molecule has 0 aliphatic carbocycles. The smallest absolute Gasteiger partial charge is 0.326 e. The number of hydrogen-bond donors (Lipinski definition) is 1. The van der Waals surface area contributed by atoms with Gasteiger partial charge >= 0.3 is 6.03 Å². The third kappa shape index (κ3) is 6.84. The summed E-state index contributed by atoms with van der Waals surface area (Å²) in [5, 5.41) is 11.4. The minimum absolute atomic E-state index is 0.00213. The first-order valence-electron chi connectivity index (χ1n) is 15.0. The van der Waals surface area contributed by atoms with Crippen LogP contribution < -0.4 is 9.47 Å². The zero-order valence-corrected chi connectivity index (χ0v) is 27.3. The number of carbonyl (C=O) groups is 1. The molecule has 0 radical (unpaired) electrons. The predicted octanol–water partition coefficient (Wildman–Crippen LogP) is 6.84. The van der Waals surface area contributed by atoms with Gasteiger partial charge in [0.25, 0.3) is 0 Å². The molecule has 44 heavy (non-hydrogen) atoms. The number of benzene rings is 3. The summed E-state index contributed by atoms with van der Waals surface area (Å²) in [6.07, 6.45) is -0.575. The first-order valence-corrected chi connectivity index (χ1v) is 15.8. The number of methoxy groups -OCH3 is 1. The number of aliphatic hydroxyl groups is 1. The summed E-state index contributed by atoms with van der Waals surface area (Å²) in [5.74, 6) is 1.75. The highest BCUT2D eigenvalue weighted by Crippen LogP contribution is 2.46. The Morgan fingerprint density at radius 2 is 1.48 bits per heavy atom. The lowest BCUT2D eigenvalue weighted by molar-refractivity contribution is 0.0401. The molecule has 0 spiro atoms. The maximum absolute atomic E-state index is 14.7. The molecule has 2 amide bonds. The van der Waals surface area contributed by atoms with E-state index < -0.39 is 18.2 Å². The second-order valence-electron chi connectivity index (χ2n) is 11.6. The Labute approximate surface area is 269 Å². The van der Waals surface area contributed by atoms with Crippen LogP contribution in [0.5, 0.6) is 11.5 Å². The fourth-order valence-corrected chi connectivity index (χ4v) is 6.05. The number of piperazine rings is 1. The summed E-state index contributed by atoms with van der Waals surface area (Å²) >= 11 is 12.6. The number of nitrogens with zero attached hydrogens (tertiary/aromatic N) is 4. The van der Waals surface area contributed by atoms with E-state index in [0.29, 0.717) is 59.1 Å². The second kappa shape index (κ2) is 13.8. The average molecular weight is 640 g/mol. The van der Waals surface area contributed by atoms with Crippen LogP contribution in [0.15, 0.2) is 71.7 Å². The molecular formula is C34H40Cl2N4O4. The van der Waals surface area contributed by atoms with E-state index in [1.807, 2.05) is 97.3 Å². The van der Waals surface area contributed by atoms with E-state index in [1.165, 1.54) is 0 Å². The summed E-state index contributed by atoms with van der Waals surface area (Å²) < 4.78 is 11.8. The van der Waals surface area contributed by atoms with Gasteiger partial charge in [-0.25, -0.2) is 4.79 Å². The van der Waals surface area contributed by atoms with E-state index >= 15 is 0 Å². The number of aliphatic hydroxyl groups excluding tert-OH is 1. The summed E-state index contributed by atoms with van der Waals surface area (Å²) in [5.41, 5.74) is 2.53. The molecule has 5 rings (SSSR count). The van der Waals surface area contributed by atoms with Gasteiger partial charge in [0.05, 0.1) is 30.9 Å². The van der Waals surface area contributed by atoms with E-state index in [-0.39, 0.29) is 18.2 Å². The normalized spacial score (nSPS) is 20.4. The molecule has 8 nitrogen and oxygen atoms in total. The molecule has 4 atom stereocenters. The predicted molar refractivity (Wildman–Crippen MR) is 175 cm³/mol. The minimum Gasteiger partial charge on any atom is -0.497 e. The molecule has 0 saturated carbocycles. The van der Waals surface area contributed by atoms with E-state index in [2.05, 4.69) is 4.90 Å². The zero-order valence-electron chi connectivity index (χ0n) is 25.8. The Bertz CT molecular complexity index is 1470. The SMILES string of the molecule is COc1ccc(C2=NC(c3ccc(Cl)cc3)C(c3ccc(Cl)cc3)N2C(=O)N2CCN([C@H](C)[C@@H](C)O)CC2)c(OC(C)C)c1. The highest BCUT2D eigenvalue weighted by molar-refractivity contribution is 6.30. The van der Waals surface area contributed by atoms with Crippen LogP contribution in [0.4, 0.5) is 4.79 Å². The van der Waals surface area contributed by atoms with Crippen molar-refractivity contribution in [3.63, 3.8) is 0 Å². The third-order valence-electron chi connectivity index (χ3n) is 8.35. The quantitative estimate of drug-likeness (QED) is 0.292. The van der Waals surface area contributed by atoms with Crippen molar-refractivity contribution in [1.82, 2.24) is 14.7 Å². The molecule has 3 aromatic rings. The molecule has 2 aliphatic heterocycles. The van der Waals surface area contributed by atoms with Crippen molar-refractivity contribution in [2.45, 2.75) is 58.0 Å². The summed E-state index contributed by atoms with van der Waals surface area (Å²) in [6.45, 7) is 10.1. The molecule has 10 heteroatoms. The highest BCUT2D eigenvalue weighted by Gasteiger charge is 2.45. The van der Waals surface area contributed by atoms with Crippen molar-refractivity contribution in [3.8, 4) is 11.5 Å². The molecule has 1 fully saturated rings. The number of hydrogen-bond acceptors (Lipinski definition) is 6. The highest BCUT2D eigenvalue weighted by atomic mass is 35.5. The Morgan fingerprint density at radius 1 is 0.886 bits per heavy atom. The van der Waals surface area contributed by atoms with Gasteiger partial charge in [0.15, 0.2) is 0 Å². The fourth-order valence-electron chi connectivity index (χ4n) is 5.80. The van der Waals surface area contributed by atoms with Crippen LogP contribution in [-0.2, 0) is 0 Å². The van der Waals surface area contributed by atoms with Gasteiger partial charge in [-0.05, 0) is 75.2 Å². The number of carbonyl (C=O) groups excluding carboxylic acids is 1. The topological polar surface area (TPSA) is 77.8 Å². The summed E-state index contributed by atoms with van der Waals surface area (Å²) in [4.78, 5) is 25.9. The maximum Gasteiger partial charge on any atom is 0.326 e. The first kappa shape index (κ1) is 32.1. The molecular weight excluding hydrogens is 599 g/mol. The molecule has 0 aromatic heterocycles. The molecule has 2 heterocycles. The van der Waals surface area contributed by atoms with E-state index in [0.717, 1.165) is 11.1 Å². The van der Waals surface area contributed by atoms with Gasteiger partial charge in [-0.3, -0.25) is 14.8 Å². The standard InChI is InChI=1S/C34H40Cl2N4O4/c1-21(2)44-30-20-28(43-5)14-15-29(30)33-37-31(24-6-10-26(35)11-7-24)32(25-8-12-27(36)13-9-25)40(33)34(42)39-18-16-38(17-19-39)22(3)23(4)41/h6-15,20-23,31-32,41H,16-19H2,1-5H3/t22-,23-,31?,32?/m1/s1. The molecule has 2 aliphatic rings. The van der Waals surface area contributed by atoms with Crippen LogP contribution >= 0.6 is 23.2 Å². The fraction of sp³-hybridized carbons (Fsp3) is 0.412. The monoisotopic (exact) mass is 638 g/mol. The van der Waals surface area contributed by atoms with Crippen molar-refractivity contribution in [2.75, 3.05) is 33.3 Å². The molecule has 1 saturated heterocycles. The number of amides is 2. The number of halogens is 2. The van der Waals surface area contributed by atoms with Crippen LogP contribution in [-0.4, -0.2) is 83.2 Å². The summed E-state index contributed by atoms with van der Waals surface area (Å²) in [7, 11) is 1.61. The van der Waals surface area contributed by atoms with Crippen molar-refractivity contribution in [1.29, 1.82) is 0 Å². The van der Waals surface area contributed by atoms with Crippen molar-refractivity contribution >= 4 is 35.1 Å². The third-order valence-corrected chi connectivity index (χ3v) is 8.85. The molecule has 3 aromatic carbocycles. The van der Waals surface area contributed by atoms with Gasteiger partial charge < -0.3 is 19.5 Å². The largest absolute Gasteiger partial charge is 0.497 e. The minimum atomic E-state index is -0.460. The van der Waals surface area contributed by atoms with Gasteiger partial charge in [-0.2, -0.15) is 0 Å². The maximum atomic E-state index is 14.7. The van der Waals surface area contributed by atoms with E-state index in [4.69, 9.17) is 37.7 Å². The van der Waals surface area contributed by atoms with Crippen LogP contribution in [0.1, 0.15) is 56.5 Å². The van der Waals surface area contributed by atoms with Crippen LogP contribution in [0, 0.1) is 0 Å². The number of aliphatic imine (C=N–C) groups is 1. The zero-order chi connectivity index (χ0) is 31.5. The molecule has 234 valence electrons. The molecule has 0 bridgehead atoms. The van der Waals surface area contributed by atoms with Gasteiger partial charge in [0.1, 0.15) is 23.4 Å². The van der Waals surface area contributed by atoms with Crippen LogP contribution in [0.3, 0.4) is 0 Å². The van der Waals surface area contributed by atoms with Crippen molar-refractivity contribution in [2.24, 2.45) is 4.99 Å². The Morgan fingerprint density at radius 3 is 2.02 bits per heavy atom. The number of ether oxygens (including phenoxy) is 2. The number of urea groups is 1. The lowest BCUT2D eigenvalue weighted by Gasteiger charge is -2.41. The van der Waals surface area contributed by atoms with Crippen LogP contribution in [0.2, 0.25) is 10.0 Å². The lowest BCUT2D eigenvalue weighted by Crippen LogP contribution is -2.56. The lowest BCUT2D eigenvalue weighted by atomic mass is 9.93. The summed E-state index contributed by atoms with van der Waals surface area (Å²) in [6, 6.07) is 19.8. The van der Waals surface area contributed by atoms with Gasteiger partial charge in [0.2, 0.25) is 0 Å². The molecule has 2 unspecified atom stereocenters. The number of amidine groups is 1. The van der Waals surface area contributed by atoms with Gasteiger partial charge in [0, 0.05) is 48.3 Å².